The number of aromatic nitrogens is 2. The molecule has 0 unspecified atom stereocenters. The highest BCUT2D eigenvalue weighted by atomic mass is 16.4. The Morgan fingerprint density at radius 3 is 2.48 bits per heavy atom. The summed E-state index contributed by atoms with van der Waals surface area (Å²) in [5.41, 5.74) is 3.23. The maximum Gasteiger partial charge on any atom is 0.339 e. The summed E-state index contributed by atoms with van der Waals surface area (Å²) < 4.78 is 1.73. The van der Waals surface area contributed by atoms with Gasteiger partial charge in [-0.15, -0.1) is 0 Å². The lowest BCUT2D eigenvalue weighted by atomic mass is 10.1. The number of aryl methyl sites for hydroxylation is 1. The molecule has 0 saturated heterocycles. The van der Waals surface area contributed by atoms with Gasteiger partial charge < -0.3 is 5.11 Å². The lowest BCUT2D eigenvalue weighted by Crippen LogP contribution is -2.08. The van der Waals surface area contributed by atoms with Crippen molar-refractivity contribution in [3.63, 3.8) is 0 Å². The molecule has 4 heteroatoms. The van der Waals surface area contributed by atoms with E-state index in [0.717, 1.165) is 17.8 Å². The monoisotopic (exact) mass is 286 g/mol. The van der Waals surface area contributed by atoms with Gasteiger partial charge in [0, 0.05) is 0 Å². The van der Waals surface area contributed by atoms with E-state index >= 15 is 0 Å². The smallest absolute Gasteiger partial charge is 0.339 e. The fraction of sp³-hybridized carbons (Fsp3) is 0.412. The Bertz CT molecular complexity index is 612. The van der Waals surface area contributed by atoms with Crippen LogP contribution in [0.5, 0.6) is 0 Å². The van der Waals surface area contributed by atoms with Crippen LogP contribution in [0.4, 0.5) is 0 Å². The zero-order valence-corrected chi connectivity index (χ0v) is 12.8. The van der Waals surface area contributed by atoms with Crippen molar-refractivity contribution in [2.24, 2.45) is 0 Å². The number of unbranched alkanes of at least 4 members (excludes halogenated alkanes) is 1. The second-order valence-electron chi connectivity index (χ2n) is 5.59. The summed E-state index contributed by atoms with van der Waals surface area (Å²) >= 11 is 0. The van der Waals surface area contributed by atoms with Crippen LogP contribution in [0.15, 0.2) is 30.5 Å². The molecule has 0 bridgehead atoms. The van der Waals surface area contributed by atoms with Crippen LogP contribution >= 0.6 is 0 Å². The molecule has 0 aliphatic rings. The summed E-state index contributed by atoms with van der Waals surface area (Å²) in [6, 6.07) is 8.21. The highest BCUT2D eigenvalue weighted by Crippen LogP contribution is 2.23. The number of benzene rings is 1. The largest absolute Gasteiger partial charge is 0.478 e. The Labute approximate surface area is 125 Å². The summed E-state index contributed by atoms with van der Waals surface area (Å²) in [6.45, 7) is 6.14. The van der Waals surface area contributed by atoms with Gasteiger partial charge in [-0.05, 0) is 36.5 Å². The Morgan fingerprint density at radius 1 is 1.29 bits per heavy atom. The van der Waals surface area contributed by atoms with Crippen LogP contribution in [0, 0.1) is 0 Å². The summed E-state index contributed by atoms with van der Waals surface area (Å²) in [5.74, 6) is -0.831. The first-order chi connectivity index (χ1) is 10.0. The molecule has 1 N–H and O–H groups in total. The van der Waals surface area contributed by atoms with Gasteiger partial charge in [0.2, 0.25) is 0 Å². The molecular weight excluding hydrogens is 264 g/mol. The molecule has 21 heavy (non-hydrogen) atoms. The number of aromatic carboxylic acids is 1. The minimum absolute atomic E-state index is 0.0957. The molecule has 112 valence electrons. The predicted octanol–water partition coefficient (Wildman–Crippen LogP) is 4.04. The van der Waals surface area contributed by atoms with E-state index in [-0.39, 0.29) is 11.5 Å². The van der Waals surface area contributed by atoms with E-state index in [2.05, 4.69) is 24.2 Å². The first-order valence-electron chi connectivity index (χ1n) is 7.45. The quantitative estimate of drug-likeness (QED) is 0.872. The number of hydrogen-bond acceptors (Lipinski definition) is 2. The number of carbonyl (C=O) groups is 1. The summed E-state index contributed by atoms with van der Waals surface area (Å²) in [5, 5.41) is 13.5. The van der Waals surface area contributed by atoms with Crippen LogP contribution in [-0.2, 0) is 6.42 Å². The molecular formula is C17H22N2O2. The van der Waals surface area contributed by atoms with Crippen molar-refractivity contribution < 1.29 is 9.90 Å². The van der Waals surface area contributed by atoms with Gasteiger partial charge in [0.05, 0.1) is 17.6 Å². The lowest BCUT2D eigenvalue weighted by molar-refractivity contribution is 0.0695. The SMILES string of the molecule is CCCCc1ccc(-n2ncc(C(=O)O)c2C(C)C)cc1. The van der Waals surface area contributed by atoms with E-state index in [0.29, 0.717) is 0 Å². The molecule has 0 spiro atoms. The fourth-order valence-electron chi connectivity index (χ4n) is 2.47. The average Bonchev–Trinajstić information content (AvgIpc) is 2.91. The molecule has 1 aromatic carbocycles. The molecule has 0 aliphatic heterocycles. The summed E-state index contributed by atoms with van der Waals surface area (Å²) in [7, 11) is 0. The lowest BCUT2D eigenvalue weighted by Gasteiger charge is -2.12. The maximum atomic E-state index is 11.3. The normalized spacial score (nSPS) is 11.0. The third-order valence-corrected chi connectivity index (χ3v) is 3.58. The maximum absolute atomic E-state index is 11.3. The van der Waals surface area contributed by atoms with E-state index in [9.17, 15) is 9.90 Å². The minimum Gasteiger partial charge on any atom is -0.478 e. The standard InChI is InChI=1S/C17H22N2O2/c1-4-5-6-13-7-9-14(10-8-13)19-16(12(2)3)15(11-18-19)17(20)21/h7-12H,4-6H2,1-3H3,(H,20,21). The molecule has 0 fully saturated rings. The van der Waals surface area contributed by atoms with Gasteiger partial charge in [0.15, 0.2) is 0 Å². The second-order valence-corrected chi connectivity index (χ2v) is 5.59. The molecule has 0 saturated carbocycles. The average molecular weight is 286 g/mol. The van der Waals surface area contributed by atoms with Crippen molar-refractivity contribution in [2.45, 2.75) is 46.0 Å². The Balaban J connectivity index is 2.35. The highest BCUT2D eigenvalue weighted by Gasteiger charge is 2.20. The number of nitrogens with zero attached hydrogens (tertiary/aromatic N) is 2. The molecule has 0 aliphatic carbocycles. The number of hydrogen-bond donors (Lipinski definition) is 1. The van der Waals surface area contributed by atoms with Crippen LogP contribution in [0.25, 0.3) is 5.69 Å². The molecule has 4 nitrogen and oxygen atoms in total. The van der Waals surface area contributed by atoms with Crippen LogP contribution in [-0.4, -0.2) is 20.9 Å². The van der Waals surface area contributed by atoms with Gasteiger partial charge in [-0.2, -0.15) is 5.10 Å². The van der Waals surface area contributed by atoms with Crippen molar-refractivity contribution >= 4 is 5.97 Å². The van der Waals surface area contributed by atoms with Gasteiger partial charge in [0.1, 0.15) is 5.56 Å². The van der Waals surface area contributed by atoms with E-state index < -0.39 is 5.97 Å². The van der Waals surface area contributed by atoms with Crippen molar-refractivity contribution in [1.82, 2.24) is 9.78 Å². The third kappa shape index (κ3) is 3.32. The summed E-state index contributed by atoms with van der Waals surface area (Å²) in [6.07, 6.45) is 4.87. The van der Waals surface area contributed by atoms with Crippen LogP contribution < -0.4 is 0 Å². The molecule has 0 amide bonds. The van der Waals surface area contributed by atoms with Gasteiger partial charge >= 0.3 is 5.97 Å². The topological polar surface area (TPSA) is 55.1 Å². The van der Waals surface area contributed by atoms with E-state index in [1.54, 1.807) is 4.68 Å². The van der Waals surface area contributed by atoms with Crippen molar-refractivity contribution in [3.05, 3.63) is 47.3 Å². The van der Waals surface area contributed by atoms with Crippen LogP contribution in [0.1, 0.15) is 61.1 Å². The second kappa shape index (κ2) is 6.57. The fourth-order valence-corrected chi connectivity index (χ4v) is 2.47. The number of carboxylic acids is 1. The van der Waals surface area contributed by atoms with Gasteiger partial charge in [-0.25, -0.2) is 9.48 Å². The van der Waals surface area contributed by atoms with Gasteiger partial charge in [0.25, 0.3) is 0 Å². The Morgan fingerprint density at radius 2 is 1.95 bits per heavy atom. The number of carboxylic acid groups (broad SMARTS) is 1. The zero-order chi connectivity index (χ0) is 15.4. The molecule has 0 radical (unpaired) electrons. The highest BCUT2D eigenvalue weighted by molar-refractivity contribution is 5.89. The predicted molar refractivity (Wildman–Crippen MR) is 83.2 cm³/mol. The van der Waals surface area contributed by atoms with Crippen molar-refractivity contribution in [2.75, 3.05) is 0 Å². The first-order valence-corrected chi connectivity index (χ1v) is 7.45. The van der Waals surface area contributed by atoms with Crippen LogP contribution in [0.3, 0.4) is 0 Å². The van der Waals surface area contributed by atoms with E-state index in [1.165, 1.54) is 24.6 Å². The molecule has 2 rings (SSSR count). The minimum atomic E-state index is -0.926. The van der Waals surface area contributed by atoms with Crippen molar-refractivity contribution in [1.29, 1.82) is 0 Å². The molecule has 1 heterocycles. The molecule has 0 atom stereocenters. The van der Waals surface area contributed by atoms with Crippen molar-refractivity contribution in [3.8, 4) is 5.69 Å². The summed E-state index contributed by atoms with van der Waals surface area (Å²) in [4.78, 5) is 11.3. The van der Waals surface area contributed by atoms with Gasteiger partial charge in [-0.1, -0.05) is 39.3 Å². The third-order valence-electron chi connectivity index (χ3n) is 3.58. The molecule has 2 aromatic rings. The van der Waals surface area contributed by atoms with E-state index in [4.69, 9.17) is 0 Å². The molecule has 1 aromatic heterocycles. The number of rotatable bonds is 6. The Kier molecular flexibility index (Phi) is 4.78. The zero-order valence-electron chi connectivity index (χ0n) is 12.8. The first kappa shape index (κ1) is 15.3. The van der Waals surface area contributed by atoms with E-state index in [1.807, 2.05) is 26.0 Å². The Hall–Kier alpha value is -2.10. The van der Waals surface area contributed by atoms with Crippen LogP contribution in [0.2, 0.25) is 0 Å². The van der Waals surface area contributed by atoms with Gasteiger partial charge in [-0.3, -0.25) is 0 Å².